The Morgan fingerprint density at radius 2 is 2.04 bits per heavy atom. The van der Waals surface area contributed by atoms with E-state index in [0.29, 0.717) is 11.6 Å². The summed E-state index contributed by atoms with van der Waals surface area (Å²) in [6.45, 7) is 3.52. The van der Waals surface area contributed by atoms with E-state index in [2.05, 4.69) is 10.2 Å². The Bertz CT molecular complexity index is 779. The van der Waals surface area contributed by atoms with Gasteiger partial charge in [-0.3, -0.25) is 4.79 Å². The minimum Gasteiger partial charge on any atom is -0.495 e. The summed E-state index contributed by atoms with van der Waals surface area (Å²) in [5.74, 6) is 0.622. The van der Waals surface area contributed by atoms with Crippen LogP contribution in [0.4, 0.5) is 5.69 Å². The SMILES string of the molecule is COc1ccc(Cl)cc1N1CCC(NC(=O)C(N)c2ccc(C)cc2)C1. The minimum atomic E-state index is -0.662. The van der Waals surface area contributed by atoms with E-state index in [9.17, 15) is 4.79 Å². The normalized spacial score (nSPS) is 17.8. The molecule has 2 aromatic rings. The van der Waals surface area contributed by atoms with Gasteiger partial charge >= 0.3 is 0 Å². The van der Waals surface area contributed by atoms with Gasteiger partial charge in [0.1, 0.15) is 11.8 Å². The average Bonchev–Trinajstić information content (AvgIpc) is 3.10. The number of carbonyl (C=O) groups excluding carboxylic acids is 1. The Labute approximate surface area is 159 Å². The largest absolute Gasteiger partial charge is 0.495 e. The summed E-state index contributed by atoms with van der Waals surface area (Å²) in [4.78, 5) is 14.7. The van der Waals surface area contributed by atoms with Gasteiger partial charge in [0.15, 0.2) is 0 Å². The van der Waals surface area contributed by atoms with E-state index in [1.807, 2.05) is 43.3 Å². The smallest absolute Gasteiger partial charge is 0.241 e. The summed E-state index contributed by atoms with van der Waals surface area (Å²) < 4.78 is 5.43. The van der Waals surface area contributed by atoms with Crippen molar-refractivity contribution in [3.63, 3.8) is 0 Å². The van der Waals surface area contributed by atoms with Crippen molar-refractivity contribution in [1.82, 2.24) is 5.32 Å². The van der Waals surface area contributed by atoms with E-state index >= 15 is 0 Å². The third-order valence-electron chi connectivity index (χ3n) is 4.74. The van der Waals surface area contributed by atoms with Crippen LogP contribution in [0.5, 0.6) is 5.75 Å². The first kappa shape index (κ1) is 18.5. The van der Waals surface area contributed by atoms with E-state index < -0.39 is 6.04 Å². The van der Waals surface area contributed by atoms with Gasteiger partial charge in [-0.25, -0.2) is 0 Å². The number of methoxy groups -OCH3 is 1. The van der Waals surface area contributed by atoms with Crippen LogP contribution >= 0.6 is 11.6 Å². The number of hydrogen-bond donors (Lipinski definition) is 2. The first-order valence-corrected chi connectivity index (χ1v) is 9.06. The van der Waals surface area contributed by atoms with Gasteiger partial charge in [0, 0.05) is 24.2 Å². The second-order valence-corrected chi connectivity index (χ2v) is 7.08. The highest BCUT2D eigenvalue weighted by atomic mass is 35.5. The Kier molecular flexibility index (Phi) is 5.69. The molecular weight excluding hydrogens is 350 g/mol. The molecule has 1 heterocycles. The van der Waals surface area contributed by atoms with Crippen molar-refractivity contribution in [2.45, 2.75) is 25.4 Å². The lowest BCUT2D eigenvalue weighted by Crippen LogP contribution is -2.42. The first-order valence-electron chi connectivity index (χ1n) is 8.69. The van der Waals surface area contributed by atoms with Crippen molar-refractivity contribution < 1.29 is 9.53 Å². The van der Waals surface area contributed by atoms with Crippen LogP contribution in [-0.4, -0.2) is 32.1 Å². The minimum absolute atomic E-state index is 0.0442. The van der Waals surface area contributed by atoms with Gasteiger partial charge in [0.25, 0.3) is 0 Å². The molecule has 6 heteroatoms. The molecule has 2 unspecified atom stereocenters. The molecule has 3 rings (SSSR count). The number of amides is 1. The summed E-state index contributed by atoms with van der Waals surface area (Å²) in [6, 6.07) is 12.7. The van der Waals surface area contributed by atoms with Gasteiger partial charge < -0.3 is 20.7 Å². The van der Waals surface area contributed by atoms with Crippen LogP contribution in [0, 0.1) is 6.92 Å². The van der Waals surface area contributed by atoms with E-state index in [-0.39, 0.29) is 11.9 Å². The first-order chi connectivity index (χ1) is 12.5. The lowest BCUT2D eigenvalue weighted by atomic mass is 10.0. The molecular formula is C20H24ClN3O2. The third-order valence-corrected chi connectivity index (χ3v) is 4.97. The maximum atomic E-state index is 12.5. The van der Waals surface area contributed by atoms with Crippen LogP contribution in [-0.2, 0) is 4.79 Å². The number of hydrogen-bond acceptors (Lipinski definition) is 4. The van der Waals surface area contributed by atoms with Crippen LogP contribution in [0.25, 0.3) is 0 Å². The molecule has 1 saturated heterocycles. The fourth-order valence-electron chi connectivity index (χ4n) is 3.22. The molecule has 1 aliphatic rings. The zero-order valence-corrected chi connectivity index (χ0v) is 15.8. The quantitative estimate of drug-likeness (QED) is 0.845. The van der Waals surface area contributed by atoms with Gasteiger partial charge in [0.05, 0.1) is 12.8 Å². The van der Waals surface area contributed by atoms with Gasteiger partial charge in [-0.1, -0.05) is 41.4 Å². The lowest BCUT2D eigenvalue weighted by molar-refractivity contribution is -0.123. The van der Waals surface area contributed by atoms with Gasteiger partial charge in [-0.2, -0.15) is 0 Å². The van der Waals surface area contributed by atoms with Gasteiger partial charge in [-0.05, 0) is 37.1 Å². The molecule has 0 bridgehead atoms. The molecule has 5 nitrogen and oxygen atoms in total. The van der Waals surface area contributed by atoms with Crippen LogP contribution in [0.1, 0.15) is 23.6 Å². The van der Waals surface area contributed by atoms with E-state index in [1.165, 1.54) is 0 Å². The topological polar surface area (TPSA) is 67.6 Å². The highest BCUT2D eigenvalue weighted by Crippen LogP contribution is 2.33. The number of benzene rings is 2. The zero-order valence-electron chi connectivity index (χ0n) is 15.0. The monoisotopic (exact) mass is 373 g/mol. The maximum absolute atomic E-state index is 12.5. The summed E-state index contributed by atoms with van der Waals surface area (Å²) in [6.07, 6.45) is 0.849. The number of halogens is 1. The summed E-state index contributed by atoms with van der Waals surface area (Å²) in [5.41, 5.74) is 9.02. The molecule has 0 saturated carbocycles. The molecule has 0 aromatic heterocycles. The molecule has 0 spiro atoms. The van der Waals surface area contributed by atoms with Crippen LogP contribution in [0.2, 0.25) is 5.02 Å². The molecule has 138 valence electrons. The van der Waals surface area contributed by atoms with Crippen molar-refractivity contribution in [2.24, 2.45) is 5.73 Å². The highest BCUT2D eigenvalue weighted by molar-refractivity contribution is 6.30. The number of carbonyl (C=O) groups is 1. The zero-order chi connectivity index (χ0) is 18.7. The number of anilines is 1. The van der Waals surface area contributed by atoms with Gasteiger partial charge in [0.2, 0.25) is 5.91 Å². The molecule has 26 heavy (non-hydrogen) atoms. The second kappa shape index (κ2) is 7.98. The lowest BCUT2D eigenvalue weighted by Gasteiger charge is -2.22. The Balaban J connectivity index is 1.63. The van der Waals surface area contributed by atoms with E-state index in [1.54, 1.807) is 13.2 Å². The number of rotatable bonds is 5. The fraction of sp³-hybridized carbons (Fsp3) is 0.350. The number of nitrogens with zero attached hydrogens (tertiary/aromatic N) is 1. The molecule has 2 atom stereocenters. The molecule has 3 N–H and O–H groups in total. The average molecular weight is 374 g/mol. The van der Waals surface area contributed by atoms with Crippen molar-refractivity contribution in [3.8, 4) is 5.75 Å². The van der Waals surface area contributed by atoms with Crippen LogP contribution in [0.15, 0.2) is 42.5 Å². The van der Waals surface area contributed by atoms with Crippen LogP contribution < -0.4 is 20.7 Å². The molecule has 1 fully saturated rings. The number of nitrogens with one attached hydrogen (secondary N) is 1. The second-order valence-electron chi connectivity index (χ2n) is 6.64. The van der Waals surface area contributed by atoms with Crippen molar-refractivity contribution in [1.29, 1.82) is 0 Å². The number of nitrogens with two attached hydrogens (primary N) is 1. The van der Waals surface area contributed by atoms with Gasteiger partial charge in [-0.15, -0.1) is 0 Å². The standard InChI is InChI=1S/C20H24ClN3O2/c1-13-3-5-14(6-4-13)19(22)20(25)23-16-9-10-24(12-16)17-11-15(21)7-8-18(17)26-2/h3-8,11,16,19H,9-10,12,22H2,1-2H3,(H,23,25). The molecule has 0 radical (unpaired) electrons. The van der Waals surface area contributed by atoms with Crippen molar-refractivity contribution in [3.05, 3.63) is 58.6 Å². The Morgan fingerprint density at radius 1 is 1.31 bits per heavy atom. The number of ether oxygens (including phenoxy) is 1. The summed E-state index contributed by atoms with van der Waals surface area (Å²) >= 11 is 6.12. The number of aryl methyl sites for hydroxylation is 1. The predicted octanol–water partition coefficient (Wildman–Crippen LogP) is 3.05. The maximum Gasteiger partial charge on any atom is 0.241 e. The van der Waals surface area contributed by atoms with E-state index in [0.717, 1.165) is 35.5 Å². The summed E-state index contributed by atoms with van der Waals surface area (Å²) in [7, 11) is 1.64. The van der Waals surface area contributed by atoms with Crippen molar-refractivity contribution >= 4 is 23.2 Å². The predicted molar refractivity (Wildman–Crippen MR) is 105 cm³/mol. The molecule has 2 aromatic carbocycles. The third kappa shape index (κ3) is 4.11. The highest BCUT2D eigenvalue weighted by Gasteiger charge is 2.27. The summed E-state index contributed by atoms with van der Waals surface area (Å²) in [5, 5.41) is 3.73. The molecule has 0 aliphatic carbocycles. The van der Waals surface area contributed by atoms with E-state index in [4.69, 9.17) is 22.1 Å². The fourth-order valence-corrected chi connectivity index (χ4v) is 3.39. The molecule has 1 amide bonds. The van der Waals surface area contributed by atoms with Crippen LogP contribution in [0.3, 0.4) is 0 Å². The molecule has 1 aliphatic heterocycles. The Hall–Kier alpha value is -2.24. The Morgan fingerprint density at radius 3 is 2.73 bits per heavy atom. The van der Waals surface area contributed by atoms with Crippen molar-refractivity contribution in [2.75, 3.05) is 25.1 Å².